The first kappa shape index (κ1) is 17.2. The molecule has 25 heavy (non-hydrogen) atoms. The second kappa shape index (κ2) is 6.70. The second-order valence-electron chi connectivity index (χ2n) is 5.41. The summed E-state index contributed by atoms with van der Waals surface area (Å²) < 4.78 is 0.290. The van der Waals surface area contributed by atoms with Crippen molar-refractivity contribution >= 4 is 51.9 Å². The van der Waals surface area contributed by atoms with E-state index in [4.69, 9.17) is 17.3 Å². The number of aryl methyl sites for hydroxylation is 1. The first-order chi connectivity index (χ1) is 11.9. The zero-order valence-corrected chi connectivity index (χ0v) is 14.7. The third-order valence-corrected chi connectivity index (χ3v) is 4.92. The molecule has 1 saturated heterocycles. The predicted octanol–water partition coefficient (Wildman–Crippen LogP) is 3.17. The molecular weight excluding hydrogens is 358 g/mol. The average Bonchev–Trinajstić information content (AvgIpc) is 2.84. The summed E-state index contributed by atoms with van der Waals surface area (Å²) in [5, 5.41) is 20.7. The van der Waals surface area contributed by atoms with Crippen LogP contribution in [0.15, 0.2) is 47.4 Å². The van der Waals surface area contributed by atoms with Crippen LogP contribution in [0.1, 0.15) is 21.5 Å². The number of thioether (sulfide) groups is 1. The van der Waals surface area contributed by atoms with E-state index in [-0.39, 0.29) is 11.6 Å². The van der Waals surface area contributed by atoms with Crippen molar-refractivity contribution in [3.8, 4) is 5.75 Å². The summed E-state index contributed by atoms with van der Waals surface area (Å²) in [5.74, 6) is -2.30. The number of carbonyl (C=O) groups excluding carboxylic acids is 1. The molecular formula is C18H12NO4S2-. The molecule has 0 atom stereocenters. The Morgan fingerprint density at radius 1 is 1.24 bits per heavy atom. The molecule has 7 heteroatoms. The largest absolute Gasteiger partial charge is 0.872 e. The van der Waals surface area contributed by atoms with Crippen molar-refractivity contribution in [3.05, 3.63) is 64.1 Å². The quantitative estimate of drug-likeness (QED) is 0.660. The number of nitrogens with zero attached hydrogens (tertiary/aromatic N) is 1. The minimum atomic E-state index is -1.34. The van der Waals surface area contributed by atoms with Gasteiger partial charge in [-0.2, -0.15) is 0 Å². The van der Waals surface area contributed by atoms with Gasteiger partial charge < -0.3 is 10.2 Å². The van der Waals surface area contributed by atoms with E-state index in [1.165, 1.54) is 17.0 Å². The Morgan fingerprint density at radius 3 is 2.56 bits per heavy atom. The number of hydrogen-bond acceptors (Lipinski definition) is 5. The Hall–Kier alpha value is -2.64. The molecule has 0 aromatic heterocycles. The highest BCUT2D eigenvalue weighted by Gasteiger charge is 2.33. The van der Waals surface area contributed by atoms with Gasteiger partial charge in [0.05, 0.1) is 16.2 Å². The number of hydrogen-bond donors (Lipinski definition) is 1. The van der Waals surface area contributed by atoms with Crippen LogP contribution < -0.4 is 10.0 Å². The van der Waals surface area contributed by atoms with E-state index in [9.17, 15) is 14.7 Å². The predicted molar refractivity (Wildman–Crippen MR) is 99.7 cm³/mol. The summed E-state index contributed by atoms with van der Waals surface area (Å²) >= 11 is 6.39. The number of thiocarbonyl (C=S) groups is 1. The van der Waals surface area contributed by atoms with E-state index >= 15 is 0 Å². The van der Waals surface area contributed by atoms with Gasteiger partial charge in [-0.25, -0.2) is 4.79 Å². The molecule has 0 unspecified atom stereocenters. The fourth-order valence-electron chi connectivity index (χ4n) is 2.33. The maximum atomic E-state index is 12.7. The molecule has 2 aromatic carbocycles. The van der Waals surface area contributed by atoms with Gasteiger partial charge in [-0.3, -0.25) is 9.69 Å². The third kappa shape index (κ3) is 3.42. The fraction of sp³-hybridized carbons (Fsp3) is 0.0556. The topological polar surface area (TPSA) is 80.7 Å². The van der Waals surface area contributed by atoms with Crippen molar-refractivity contribution in [1.82, 2.24) is 0 Å². The Labute approximate surface area is 153 Å². The van der Waals surface area contributed by atoms with E-state index in [0.717, 1.165) is 29.0 Å². The molecule has 0 saturated carbocycles. The number of rotatable bonds is 3. The molecule has 1 N–H and O–H groups in total. The molecule has 1 amide bonds. The van der Waals surface area contributed by atoms with Crippen molar-refractivity contribution in [3.63, 3.8) is 0 Å². The Balaban J connectivity index is 1.95. The van der Waals surface area contributed by atoms with Gasteiger partial charge in [0, 0.05) is 0 Å². The van der Waals surface area contributed by atoms with Crippen LogP contribution in [0, 0.1) is 6.92 Å². The maximum absolute atomic E-state index is 12.7. The van der Waals surface area contributed by atoms with Crippen LogP contribution in [0.5, 0.6) is 5.75 Å². The van der Waals surface area contributed by atoms with Crippen molar-refractivity contribution in [2.24, 2.45) is 0 Å². The minimum absolute atomic E-state index is 0.270. The molecule has 1 aliphatic rings. The molecule has 0 bridgehead atoms. The Morgan fingerprint density at radius 2 is 1.92 bits per heavy atom. The first-order valence-corrected chi connectivity index (χ1v) is 8.48. The fourth-order valence-corrected chi connectivity index (χ4v) is 3.63. The van der Waals surface area contributed by atoms with Crippen LogP contribution >= 0.6 is 24.0 Å². The van der Waals surface area contributed by atoms with Gasteiger partial charge >= 0.3 is 5.97 Å². The van der Waals surface area contributed by atoms with Crippen LogP contribution in [-0.4, -0.2) is 21.3 Å². The van der Waals surface area contributed by atoms with Gasteiger partial charge in [-0.05, 0) is 30.7 Å². The van der Waals surface area contributed by atoms with E-state index in [1.54, 1.807) is 6.08 Å². The summed E-state index contributed by atoms with van der Waals surface area (Å²) in [6.07, 6.45) is 1.73. The van der Waals surface area contributed by atoms with Crippen LogP contribution in [-0.2, 0) is 4.79 Å². The molecule has 1 heterocycles. The highest BCUT2D eigenvalue weighted by molar-refractivity contribution is 8.27. The van der Waals surface area contributed by atoms with Gasteiger partial charge in [-0.15, -0.1) is 0 Å². The van der Waals surface area contributed by atoms with E-state index in [1.807, 2.05) is 31.2 Å². The molecule has 1 aliphatic heterocycles. The molecule has 126 valence electrons. The van der Waals surface area contributed by atoms with E-state index < -0.39 is 17.3 Å². The minimum Gasteiger partial charge on any atom is -0.872 e. The highest BCUT2D eigenvalue weighted by Crippen LogP contribution is 2.37. The standard InChI is InChI=1S/C18H13NO4S2/c1-10-2-4-11(5-3-10)8-15-16(21)19(18(24)25-15)12-6-7-14(20)13(9-12)17(22)23/h2-9,20H,1H3,(H,22,23)/p-1/b15-8-. The summed E-state index contributed by atoms with van der Waals surface area (Å²) in [6.45, 7) is 1.98. The van der Waals surface area contributed by atoms with Crippen molar-refractivity contribution in [1.29, 1.82) is 0 Å². The number of carboxylic acids is 1. The van der Waals surface area contributed by atoms with Crippen molar-refractivity contribution in [2.75, 3.05) is 4.90 Å². The molecule has 2 aromatic rings. The zero-order valence-electron chi connectivity index (χ0n) is 13.1. The lowest BCUT2D eigenvalue weighted by Crippen LogP contribution is -2.27. The smallest absolute Gasteiger partial charge is 0.335 e. The number of carbonyl (C=O) groups is 2. The Kier molecular flexibility index (Phi) is 4.61. The summed E-state index contributed by atoms with van der Waals surface area (Å²) in [4.78, 5) is 25.5. The van der Waals surface area contributed by atoms with Crippen LogP contribution in [0.4, 0.5) is 5.69 Å². The van der Waals surface area contributed by atoms with Gasteiger partial charge in [0.15, 0.2) is 4.32 Å². The van der Waals surface area contributed by atoms with Crippen LogP contribution in [0.2, 0.25) is 0 Å². The highest BCUT2D eigenvalue weighted by atomic mass is 32.2. The molecule has 3 rings (SSSR count). The first-order valence-electron chi connectivity index (χ1n) is 7.26. The van der Waals surface area contributed by atoms with Crippen molar-refractivity contribution in [2.45, 2.75) is 6.92 Å². The third-order valence-electron chi connectivity index (χ3n) is 3.62. The number of amides is 1. The number of anilines is 1. The zero-order chi connectivity index (χ0) is 18.1. The van der Waals surface area contributed by atoms with Crippen LogP contribution in [0.25, 0.3) is 6.08 Å². The summed E-state index contributed by atoms with van der Waals surface area (Å²) in [5.41, 5.74) is 1.86. The normalized spacial score (nSPS) is 15.9. The average molecular weight is 370 g/mol. The lowest BCUT2D eigenvalue weighted by atomic mass is 10.1. The molecule has 1 fully saturated rings. The van der Waals surface area contributed by atoms with Gasteiger partial charge in [-0.1, -0.05) is 65.6 Å². The lowest BCUT2D eigenvalue weighted by molar-refractivity contribution is -0.268. The number of benzene rings is 2. The lowest BCUT2D eigenvalue weighted by Gasteiger charge is -2.18. The van der Waals surface area contributed by atoms with Crippen LogP contribution in [0.3, 0.4) is 0 Å². The SMILES string of the molecule is Cc1ccc(/C=C2\SC(=S)N(c3ccc([O-])c(C(=O)O)c3)C2=O)cc1. The number of carboxylic acid groups (broad SMARTS) is 1. The van der Waals surface area contributed by atoms with E-state index in [0.29, 0.717) is 9.23 Å². The second-order valence-corrected chi connectivity index (χ2v) is 7.09. The number of aromatic carboxylic acids is 1. The van der Waals surface area contributed by atoms with Gasteiger partial charge in [0.25, 0.3) is 5.91 Å². The molecule has 0 radical (unpaired) electrons. The summed E-state index contributed by atoms with van der Waals surface area (Å²) in [6, 6.07) is 11.4. The van der Waals surface area contributed by atoms with Gasteiger partial charge in [0.2, 0.25) is 0 Å². The maximum Gasteiger partial charge on any atom is 0.335 e. The Bertz CT molecular complexity index is 919. The van der Waals surface area contributed by atoms with Gasteiger partial charge in [0.1, 0.15) is 0 Å². The molecule has 5 nitrogen and oxygen atoms in total. The van der Waals surface area contributed by atoms with Crippen molar-refractivity contribution < 1.29 is 19.8 Å². The summed E-state index contributed by atoms with van der Waals surface area (Å²) in [7, 11) is 0. The monoisotopic (exact) mass is 370 g/mol. The molecule has 0 aliphatic carbocycles. The van der Waals surface area contributed by atoms with E-state index in [2.05, 4.69) is 0 Å². The molecule has 0 spiro atoms.